The molecule has 0 aromatic rings. The SMILES string of the molecule is CCCCN(CC)CCCC(C)(C)C(=N)N. The van der Waals surface area contributed by atoms with E-state index in [9.17, 15) is 0 Å². The molecule has 3 N–H and O–H groups in total. The minimum absolute atomic E-state index is 0.135. The number of unbranched alkanes of at least 4 members (excludes halogenated alkanes) is 1. The first kappa shape index (κ1) is 15.4. The maximum absolute atomic E-state index is 7.50. The Bertz CT molecular complexity index is 199. The van der Waals surface area contributed by atoms with Crippen molar-refractivity contribution in [1.82, 2.24) is 4.90 Å². The number of nitrogens with one attached hydrogen (secondary N) is 1. The van der Waals surface area contributed by atoms with Crippen LogP contribution in [0, 0.1) is 10.8 Å². The zero-order valence-corrected chi connectivity index (χ0v) is 11.5. The Morgan fingerprint density at radius 3 is 2.19 bits per heavy atom. The first-order valence-electron chi connectivity index (χ1n) is 6.51. The second-order valence-electron chi connectivity index (χ2n) is 5.19. The van der Waals surface area contributed by atoms with Gasteiger partial charge in [0.1, 0.15) is 0 Å². The Balaban J connectivity index is 3.81. The van der Waals surface area contributed by atoms with Gasteiger partial charge in [0.2, 0.25) is 0 Å². The summed E-state index contributed by atoms with van der Waals surface area (Å²) in [5, 5.41) is 7.50. The van der Waals surface area contributed by atoms with Gasteiger partial charge in [-0.1, -0.05) is 34.1 Å². The number of rotatable bonds is 9. The number of hydrogen-bond acceptors (Lipinski definition) is 2. The first-order chi connectivity index (χ1) is 7.44. The Kier molecular flexibility index (Phi) is 7.39. The van der Waals surface area contributed by atoms with Crippen molar-refractivity contribution < 1.29 is 0 Å². The standard InChI is InChI=1S/C13H29N3/c1-5-7-10-16(6-2)11-8-9-13(3,4)12(14)15/h5-11H2,1-4H3,(H3,14,15). The predicted octanol–water partition coefficient (Wildman–Crippen LogP) is 2.85. The van der Waals surface area contributed by atoms with E-state index in [0.717, 1.165) is 25.9 Å². The van der Waals surface area contributed by atoms with Crippen LogP contribution in [0.15, 0.2) is 0 Å². The van der Waals surface area contributed by atoms with Crippen molar-refractivity contribution in [2.75, 3.05) is 19.6 Å². The molecule has 0 atom stereocenters. The molecule has 0 rings (SSSR count). The van der Waals surface area contributed by atoms with Crippen LogP contribution in [-0.2, 0) is 0 Å². The lowest BCUT2D eigenvalue weighted by molar-refractivity contribution is 0.265. The Hall–Kier alpha value is -0.570. The van der Waals surface area contributed by atoms with E-state index in [1.54, 1.807) is 0 Å². The van der Waals surface area contributed by atoms with Gasteiger partial charge >= 0.3 is 0 Å². The Morgan fingerprint density at radius 2 is 1.75 bits per heavy atom. The summed E-state index contributed by atoms with van der Waals surface area (Å²) in [6.45, 7) is 12.0. The smallest absolute Gasteiger partial charge is 0.0963 e. The molecule has 16 heavy (non-hydrogen) atoms. The largest absolute Gasteiger partial charge is 0.387 e. The van der Waals surface area contributed by atoms with E-state index < -0.39 is 0 Å². The maximum atomic E-state index is 7.50. The van der Waals surface area contributed by atoms with E-state index in [1.807, 2.05) is 0 Å². The van der Waals surface area contributed by atoms with Crippen LogP contribution in [-0.4, -0.2) is 30.4 Å². The van der Waals surface area contributed by atoms with Crippen molar-refractivity contribution in [2.45, 2.75) is 53.4 Å². The third-order valence-electron chi connectivity index (χ3n) is 3.28. The molecular weight excluding hydrogens is 198 g/mol. The maximum Gasteiger partial charge on any atom is 0.0963 e. The summed E-state index contributed by atoms with van der Waals surface area (Å²) in [7, 11) is 0. The summed E-state index contributed by atoms with van der Waals surface area (Å²) >= 11 is 0. The highest BCUT2D eigenvalue weighted by molar-refractivity contribution is 5.82. The van der Waals surface area contributed by atoms with Gasteiger partial charge in [0, 0.05) is 5.41 Å². The molecule has 0 fully saturated rings. The molecule has 0 heterocycles. The van der Waals surface area contributed by atoms with Gasteiger partial charge in [-0.25, -0.2) is 0 Å². The summed E-state index contributed by atoms with van der Waals surface area (Å²) in [6, 6.07) is 0. The molecule has 0 amide bonds. The van der Waals surface area contributed by atoms with Crippen LogP contribution in [0.5, 0.6) is 0 Å². The third-order valence-corrected chi connectivity index (χ3v) is 3.28. The number of hydrogen-bond donors (Lipinski definition) is 2. The van der Waals surface area contributed by atoms with E-state index in [-0.39, 0.29) is 5.41 Å². The fourth-order valence-corrected chi connectivity index (χ4v) is 1.69. The molecule has 96 valence electrons. The Morgan fingerprint density at radius 1 is 1.19 bits per heavy atom. The van der Waals surface area contributed by atoms with Crippen LogP contribution in [0.25, 0.3) is 0 Å². The second kappa shape index (κ2) is 7.66. The van der Waals surface area contributed by atoms with E-state index in [4.69, 9.17) is 11.1 Å². The molecule has 0 unspecified atom stereocenters. The topological polar surface area (TPSA) is 53.1 Å². The van der Waals surface area contributed by atoms with Crippen molar-refractivity contribution in [3.8, 4) is 0 Å². The molecule has 3 heteroatoms. The highest BCUT2D eigenvalue weighted by Crippen LogP contribution is 2.21. The van der Waals surface area contributed by atoms with Gasteiger partial charge in [-0.2, -0.15) is 0 Å². The number of nitrogens with zero attached hydrogens (tertiary/aromatic N) is 1. The van der Waals surface area contributed by atoms with E-state index in [0.29, 0.717) is 5.84 Å². The van der Waals surface area contributed by atoms with Crippen molar-refractivity contribution >= 4 is 5.84 Å². The molecule has 0 aromatic heterocycles. The van der Waals surface area contributed by atoms with Gasteiger partial charge in [0.05, 0.1) is 5.84 Å². The van der Waals surface area contributed by atoms with Gasteiger partial charge in [-0.3, -0.25) is 5.41 Å². The summed E-state index contributed by atoms with van der Waals surface area (Å²) in [5.74, 6) is 0.309. The predicted molar refractivity (Wildman–Crippen MR) is 72.0 cm³/mol. The van der Waals surface area contributed by atoms with Crippen LogP contribution in [0.2, 0.25) is 0 Å². The van der Waals surface area contributed by atoms with Gasteiger partial charge in [0.25, 0.3) is 0 Å². The highest BCUT2D eigenvalue weighted by atomic mass is 15.1. The van der Waals surface area contributed by atoms with Crippen molar-refractivity contribution in [3.05, 3.63) is 0 Å². The quantitative estimate of drug-likeness (QED) is 0.470. The van der Waals surface area contributed by atoms with Gasteiger partial charge in [-0.15, -0.1) is 0 Å². The van der Waals surface area contributed by atoms with Crippen LogP contribution >= 0.6 is 0 Å². The van der Waals surface area contributed by atoms with Gasteiger partial charge in [-0.05, 0) is 38.9 Å². The fraction of sp³-hybridized carbons (Fsp3) is 0.923. The summed E-state index contributed by atoms with van der Waals surface area (Å²) < 4.78 is 0. The van der Waals surface area contributed by atoms with Crippen molar-refractivity contribution in [3.63, 3.8) is 0 Å². The van der Waals surface area contributed by atoms with Crippen molar-refractivity contribution in [1.29, 1.82) is 5.41 Å². The van der Waals surface area contributed by atoms with Crippen LogP contribution in [0.4, 0.5) is 0 Å². The molecule has 0 aliphatic carbocycles. The lowest BCUT2D eigenvalue weighted by atomic mass is 9.86. The average molecular weight is 227 g/mol. The first-order valence-corrected chi connectivity index (χ1v) is 6.51. The van der Waals surface area contributed by atoms with E-state index in [2.05, 4.69) is 32.6 Å². The minimum Gasteiger partial charge on any atom is -0.387 e. The average Bonchev–Trinajstić information content (AvgIpc) is 2.22. The monoisotopic (exact) mass is 227 g/mol. The normalized spacial score (nSPS) is 12.1. The molecule has 0 saturated heterocycles. The summed E-state index contributed by atoms with van der Waals surface area (Å²) in [6.07, 6.45) is 4.68. The molecule has 0 aromatic carbocycles. The summed E-state index contributed by atoms with van der Waals surface area (Å²) in [5.41, 5.74) is 5.43. The fourth-order valence-electron chi connectivity index (χ4n) is 1.69. The molecule has 0 aliphatic heterocycles. The zero-order chi connectivity index (χ0) is 12.6. The molecule has 0 radical (unpaired) electrons. The zero-order valence-electron chi connectivity index (χ0n) is 11.5. The molecule has 0 bridgehead atoms. The van der Waals surface area contributed by atoms with Crippen LogP contribution < -0.4 is 5.73 Å². The molecule has 0 aliphatic rings. The molecular formula is C13H29N3. The van der Waals surface area contributed by atoms with Gasteiger partial charge in [0.15, 0.2) is 0 Å². The summed E-state index contributed by atoms with van der Waals surface area (Å²) in [4.78, 5) is 2.49. The lowest BCUT2D eigenvalue weighted by Gasteiger charge is -2.25. The van der Waals surface area contributed by atoms with Crippen molar-refractivity contribution in [2.24, 2.45) is 11.1 Å². The number of nitrogens with two attached hydrogens (primary N) is 1. The van der Waals surface area contributed by atoms with Crippen LogP contribution in [0.3, 0.4) is 0 Å². The van der Waals surface area contributed by atoms with E-state index >= 15 is 0 Å². The van der Waals surface area contributed by atoms with E-state index in [1.165, 1.54) is 19.4 Å². The lowest BCUT2D eigenvalue weighted by Crippen LogP contribution is -2.32. The van der Waals surface area contributed by atoms with Crippen LogP contribution in [0.1, 0.15) is 53.4 Å². The second-order valence-corrected chi connectivity index (χ2v) is 5.19. The third kappa shape index (κ3) is 6.11. The molecule has 3 nitrogen and oxygen atoms in total. The van der Waals surface area contributed by atoms with Gasteiger partial charge < -0.3 is 10.6 Å². The highest BCUT2D eigenvalue weighted by Gasteiger charge is 2.20. The number of amidine groups is 1. The Labute approximate surface area is 101 Å². The molecule has 0 spiro atoms. The minimum atomic E-state index is -0.135. The molecule has 0 saturated carbocycles.